The summed E-state index contributed by atoms with van der Waals surface area (Å²) in [5.41, 5.74) is 2.43. The van der Waals surface area contributed by atoms with Crippen LogP contribution in [0.2, 0.25) is 5.02 Å². The fourth-order valence-corrected chi connectivity index (χ4v) is 3.33. The topological polar surface area (TPSA) is 59.2 Å². The molecule has 3 heterocycles. The van der Waals surface area contributed by atoms with Gasteiger partial charge in [-0.05, 0) is 42.3 Å². The van der Waals surface area contributed by atoms with Gasteiger partial charge in [0.25, 0.3) is 5.91 Å². The molecule has 1 aromatic carbocycles. The maximum atomic E-state index is 12.9. The Morgan fingerprint density at radius 3 is 2.80 bits per heavy atom. The van der Waals surface area contributed by atoms with E-state index in [0.717, 1.165) is 12.0 Å². The minimum absolute atomic E-state index is 0.0578. The van der Waals surface area contributed by atoms with E-state index in [2.05, 4.69) is 16.2 Å². The van der Waals surface area contributed by atoms with E-state index in [-0.39, 0.29) is 5.91 Å². The maximum absolute atomic E-state index is 12.9. The minimum atomic E-state index is -0.0578. The van der Waals surface area contributed by atoms with Gasteiger partial charge in [0.05, 0.1) is 6.20 Å². The van der Waals surface area contributed by atoms with Gasteiger partial charge in [0.2, 0.25) is 0 Å². The van der Waals surface area contributed by atoms with Crippen LogP contribution < -0.4 is 0 Å². The van der Waals surface area contributed by atoms with Crippen molar-refractivity contribution in [3.05, 3.63) is 71.1 Å². The van der Waals surface area contributed by atoms with Crippen molar-refractivity contribution in [1.82, 2.24) is 15.0 Å². The Hall–Kier alpha value is -2.66. The zero-order valence-electron chi connectivity index (χ0n) is 13.4. The third-order valence-corrected chi connectivity index (χ3v) is 4.79. The third-order valence-electron chi connectivity index (χ3n) is 4.54. The molecule has 0 unspecified atom stereocenters. The van der Waals surface area contributed by atoms with Crippen molar-refractivity contribution >= 4 is 17.5 Å². The molecule has 1 aliphatic rings. The molecular formula is C19H16ClN3O2. The second-order valence-corrected chi connectivity index (χ2v) is 6.54. The lowest BCUT2D eigenvalue weighted by atomic mass is 10.0. The second kappa shape index (κ2) is 6.69. The lowest BCUT2D eigenvalue weighted by Crippen LogP contribution is -2.28. The molecule has 0 bridgehead atoms. The molecule has 1 saturated heterocycles. The maximum Gasteiger partial charge on any atom is 0.259 e. The van der Waals surface area contributed by atoms with Gasteiger partial charge in [-0.15, -0.1) is 0 Å². The first-order valence-corrected chi connectivity index (χ1v) is 8.50. The predicted octanol–water partition coefficient (Wildman–Crippen LogP) is 4.02. The van der Waals surface area contributed by atoms with Gasteiger partial charge < -0.3 is 9.42 Å². The van der Waals surface area contributed by atoms with Crippen LogP contribution in [0.4, 0.5) is 0 Å². The van der Waals surface area contributed by atoms with E-state index in [1.807, 2.05) is 29.3 Å². The molecule has 6 heteroatoms. The Kier molecular flexibility index (Phi) is 4.24. The van der Waals surface area contributed by atoms with Crippen LogP contribution in [0.1, 0.15) is 28.3 Å². The van der Waals surface area contributed by atoms with Crippen molar-refractivity contribution in [3.8, 4) is 11.3 Å². The molecule has 1 atom stereocenters. The molecule has 5 nitrogen and oxygen atoms in total. The first-order chi connectivity index (χ1) is 12.2. The van der Waals surface area contributed by atoms with Gasteiger partial charge in [-0.1, -0.05) is 22.8 Å². The lowest BCUT2D eigenvalue weighted by Gasteiger charge is -2.16. The quantitative estimate of drug-likeness (QED) is 0.713. The second-order valence-electron chi connectivity index (χ2n) is 6.10. The van der Waals surface area contributed by atoms with E-state index in [1.54, 1.807) is 18.3 Å². The number of hydrogen-bond acceptors (Lipinski definition) is 4. The molecule has 126 valence electrons. The van der Waals surface area contributed by atoms with Crippen LogP contribution in [0, 0.1) is 0 Å². The number of pyridine rings is 1. The van der Waals surface area contributed by atoms with Crippen LogP contribution in [0.25, 0.3) is 11.3 Å². The molecule has 3 aromatic rings. The molecule has 1 amide bonds. The number of carbonyl (C=O) groups is 1. The highest BCUT2D eigenvalue weighted by atomic mass is 35.5. The van der Waals surface area contributed by atoms with Gasteiger partial charge in [-0.2, -0.15) is 0 Å². The summed E-state index contributed by atoms with van der Waals surface area (Å²) in [6.45, 7) is 1.39. The van der Waals surface area contributed by atoms with Crippen molar-refractivity contribution in [2.45, 2.75) is 12.3 Å². The summed E-state index contributed by atoms with van der Waals surface area (Å²) < 4.78 is 5.33. The number of amides is 1. The Morgan fingerprint density at radius 2 is 2.04 bits per heavy atom. The molecule has 0 radical (unpaired) electrons. The average molecular weight is 354 g/mol. The van der Waals surface area contributed by atoms with E-state index in [4.69, 9.17) is 16.1 Å². The molecular weight excluding hydrogens is 338 g/mol. The summed E-state index contributed by atoms with van der Waals surface area (Å²) in [7, 11) is 0. The van der Waals surface area contributed by atoms with Crippen molar-refractivity contribution < 1.29 is 9.32 Å². The number of likely N-dealkylation sites (tertiary alicyclic amines) is 1. The molecule has 0 saturated carbocycles. The summed E-state index contributed by atoms with van der Waals surface area (Å²) in [5, 5.41) is 4.46. The molecule has 25 heavy (non-hydrogen) atoms. The van der Waals surface area contributed by atoms with Crippen LogP contribution in [-0.4, -0.2) is 34.0 Å². The number of aromatic nitrogens is 2. The molecule has 2 aromatic heterocycles. The molecule has 0 N–H and O–H groups in total. The van der Waals surface area contributed by atoms with Gasteiger partial charge >= 0.3 is 0 Å². The summed E-state index contributed by atoms with van der Waals surface area (Å²) in [5.74, 6) is 0.737. The summed E-state index contributed by atoms with van der Waals surface area (Å²) in [6.07, 6.45) is 6.05. The number of rotatable bonds is 3. The highest BCUT2D eigenvalue weighted by Crippen LogP contribution is 2.30. The Balaban J connectivity index is 1.55. The van der Waals surface area contributed by atoms with Gasteiger partial charge in [0.15, 0.2) is 5.76 Å². The van der Waals surface area contributed by atoms with Crippen LogP contribution in [0.5, 0.6) is 0 Å². The molecule has 0 aliphatic carbocycles. The molecule has 4 rings (SSSR count). The van der Waals surface area contributed by atoms with E-state index in [1.165, 1.54) is 11.8 Å². The van der Waals surface area contributed by atoms with Crippen molar-refractivity contribution in [1.29, 1.82) is 0 Å². The summed E-state index contributed by atoms with van der Waals surface area (Å²) in [4.78, 5) is 19.0. The fraction of sp³-hybridized carbons (Fsp3) is 0.211. The number of nitrogens with zero attached hydrogens (tertiary/aromatic N) is 3. The van der Waals surface area contributed by atoms with E-state index in [9.17, 15) is 4.79 Å². The van der Waals surface area contributed by atoms with E-state index in [0.29, 0.717) is 35.4 Å². The normalized spacial score (nSPS) is 17.0. The van der Waals surface area contributed by atoms with E-state index < -0.39 is 0 Å². The SMILES string of the molecule is O=C(c1cnoc1-c1ccc(Cl)cc1)N1CC[C@@H](c2cccnc2)C1. The molecule has 1 fully saturated rings. The number of benzene rings is 1. The monoisotopic (exact) mass is 353 g/mol. The number of carbonyl (C=O) groups excluding carboxylic acids is 1. The predicted molar refractivity (Wildman–Crippen MR) is 94.4 cm³/mol. The highest BCUT2D eigenvalue weighted by Gasteiger charge is 2.30. The van der Waals surface area contributed by atoms with Gasteiger partial charge in [0.1, 0.15) is 5.56 Å². The summed E-state index contributed by atoms with van der Waals surface area (Å²) in [6, 6.07) is 11.2. The minimum Gasteiger partial charge on any atom is -0.355 e. The van der Waals surface area contributed by atoms with Crippen LogP contribution in [0.15, 0.2) is 59.5 Å². The van der Waals surface area contributed by atoms with E-state index >= 15 is 0 Å². The smallest absolute Gasteiger partial charge is 0.259 e. The summed E-state index contributed by atoms with van der Waals surface area (Å²) >= 11 is 5.93. The molecule has 0 spiro atoms. The zero-order chi connectivity index (χ0) is 17.2. The largest absolute Gasteiger partial charge is 0.355 e. The standard InChI is InChI=1S/C19H16ClN3O2/c20-16-5-3-13(4-6-16)18-17(11-22-25-18)19(24)23-9-7-15(12-23)14-2-1-8-21-10-14/h1-6,8,10-11,15H,7,9,12H2/t15-/m1/s1. The van der Waals surface area contributed by atoms with Crippen molar-refractivity contribution in [2.24, 2.45) is 0 Å². The number of hydrogen-bond donors (Lipinski definition) is 0. The number of halogens is 1. The van der Waals surface area contributed by atoms with Crippen LogP contribution in [0.3, 0.4) is 0 Å². The molecule has 1 aliphatic heterocycles. The van der Waals surface area contributed by atoms with Crippen LogP contribution in [-0.2, 0) is 0 Å². The Morgan fingerprint density at radius 1 is 1.20 bits per heavy atom. The van der Waals surface area contributed by atoms with Crippen molar-refractivity contribution in [2.75, 3.05) is 13.1 Å². The van der Waals surface area contributed by atoms with Crippen molar-refractivity contribution in [3.63, 3.8) is 0 Å². The zero-order valence-corrected chi connectivity index (χ0v) is 14.2. The Bertz CT molecular complexity index is 877. The third kappa shape index (κ3) is 3.15. The average Bonchev–Trinajstić information content (AvgIpc) is 3.32. The first-order valence-electron chi connectivity index (χ1n) is 8.12. The van der Waals surface area contributed by atoms with Crippen LogP contribution >= 0.6 is 11.6 Å². The fourth-order valence-electron chi connectivity index (χ4n) is 3.21. The Labute approximate surface area is 150 Å². The van der Waals surface area contributed by atoms with Gasteiger partial charge in [-0.3, -0.25) is 9.78 Å². The van der Waals surface area contributed by atoms with Gasteiger partial charge in [0, 0.05) is 42.0 Å². The first kappa shape index (κ1) is 15.8. The lowest BCUT2D eigenvalue weighted by molar-refractivity contribution is 0.0791. The van der Waals surface area contributed by atoms with Gasteiger partial charge in [-0.25, -0.2) is 0 Å². The highest BCUT2D eigenvalue weighted by molar-refractivity contribution is 6.30.